The van der Waals surface area contributed by atoms with Gasteiger partial charge in [0.25, 0.3) is 0 Å². The summed E-state index contributed by atoms with van der Waals surface area (Å²) in [5, 5.41) is 2.40. The minimum Gasteiger partial charge on any atom is -0.485 e. The maximum absolute atomic E-state index is 6.05. The normalized spacial score (nSPS) is 11.1. The number of hydrogen-bond donors (Lipinski definition) is 2. The van der Waals surface area contributed by atoms with Crippen LogP contribution < -0.4 is 9.47 Å². The van der Waals surface area contributed by atoms with E-state index in [1.807, 2.05) is 36.7 Å². The van der Waals surface area contributed by atoms with Gasteiger partial charge in [-0.3, -0.25) is 0 Å². The Morgan fingerprint density at radius 1 is 0.571 bits per heavy atom. The molecule has 0 aliphatic rings. The fraction of sp³-hybridized carbons (Fsp3) is 0.0833. The number of benzene rings is 3. The molecule has 28 heavy (non-hydrogen) atoms. The molecular weight excluding hydrogens is 348 g/mol. The third-order valence-electron chi connectivity index (χ3n) is 4.88. The van der Waals surface area contributed by atoms with E-state index in [9.17, 15) is 0 Å². The topological polar surface area (TPSA) is 50.0 Å². The standard InChI is InChI=1S/C24H20N2O2/c1-2-4-24(28-16-18-6-8-20-10-12-26-22(20)14-18)23(3-1)27-15-17-5-7-19-9-11-25-21(19)13-17/h1-14,25-26H,15-16H2. The summed E-state index contributed by atoms with van der Waals surface area (Å²) < 4.78 is 12.1. The van der Waals surface area contributed by atoms with Gasteiger partial charge in [-0.05, 0) is 58.3 Å². The Bertz CT molecular complexity index is 1140. The van der Waals surface area contributed by atoms with Crippen LogP contribution in [0.5, 0.6) is 11.5 Å². The fourth-order valence-corrected chi connectivity index (χ4v) is 3.38. The lowest BCUT2D eigenvalue weighted by molar-refractivity contribution is 0.256. The molecule has 5 aromatic rings. The number of para-hydroxylation sites is 2. The van der Waals surface area contributed by atoms with Gasteiger partial charge in [0.15, 0.2) is 11.5 Å². The predicted octanol–water partition coefficient (Wildman–Crippen LogP) is 5.81. The summed E-state index contributed by atoms with van der Waals surface area (Å²) in [6.07, 6.45) is 3.89. The summed E-state index contributed by atoms with van der Waals surface area (Å²) in [5.74, 6) is 1.49. The van der Waals surface area contributed by atoms with E-state index in [0.29, 0.717) is 13.2 Å². The lowest BCUT2D eigenvalue weighted by Gasteiger charge is -2.13. The van der Waals surface area contributed by atoms with Crippen LogP contribution in [0.15, 0.2) is 85.2 Å². The number of aromatic amines is 2. The van der Waals surface area contributed by atoms with E-state index in [1.165, 1.54) is 10.8 Å². The first-order valence-corrected chi connectivity index (χ1v) is 9.32. The number of ether oxygens (including phenoxy) is 2. The van der Waals surface area contributed by atoms with Crippen molar-refractivity contribution in [1.82, 2.24) is 9.97 Å². The third-order valence-corrected chi connectivity index (χ3v) is 4.88. The Hall–Kier alpha value is -3.66. The molecule has 138 valence electrons. The zero-order valence-corrected chi connectivity index (χ0v) is 15.3. The highest BCUT2D eigenvalue weighted by Gasteiger charge is 2.07. The molecule has 0 fully saturated rings. The molecular formula is C24H20N2O2. The fourth-order valence-electron chi connectivity index (χ4n) is 3.38. The van der Waals surface area contributed by atoms with Crippen LogP contribution in [0.4, 0.5) is 0 Å². The largest absolute Gasteiger partial charge is 0.485 e. The minimum atomic E-state index is 0.490. The summed E-state index contributed by atoms with van der Waals surface area (Å²) in [4.78, 5) is 6.47. The van der Waals surface area contributed by atoms with Crippen LogP contribution in [0.25, 0.3) is 21.8 Å². The number of hydrogen-bond acceptors (Lipinski definition) is 2. The smallest absolute Gasteiger partial charge is 0.161 e. The molecule has 0 saturated heterocycles. The molecule has 2 N–H and O–H groups in total. The molecule has 0 radical (unpaired) electrons. The van der Waals surface area contributed by atoms with Crippen LogP contribution in [0.2, 0.25) is 0 Å². The summed E-state index contributed by atoms with van der Waals surface area (Å²) in [6.45, 7) is 0.980. The molecule has 2 heterocycles. The highest BCUT2D eigenvalue weighted by atomic mass is 16.5. The van der Waals surface area contributed by atoms with E-state index in [4.69, 9.17) is 9.47 Å². The molecule has 0 saturated carbocycles. The van der Waals surface area contributed by atoms with Gasteiger partial charge in [-0.2, -0.15) is 0 Å². The first-order chi connectivity index (χ1) is 13.8. The molecule has 0 bridgehead atoms. The van der Waals surface area contributed by atoms with E-state index in [2.05, 4.69) is 58.5 Å². The Kier molecular flexibility index (Phi) is 4.22. The molecule has 0 atom stereocenters. The maximum Gasteiger partial charge on any atom is 0.161 e. The number of fused-ring (bicyclic) bond motifs is 2. The van der Waals surface area contributed by atoms with Crippen LogP contribution in [-0.4, -0.2) is 9.97 Å². The quantitative estimate of drug-likeness (QED) is 0.397. The monoisotopic (exact) mass is 368 g/mol. The SMILES string of the molecule is c1ccc(OCc2ccc3cc[nH]c3c2)c(OCc2ccc3cc[nH]c3c2)c1. The van der Waals surface area contributed by atoms with Crippen LogP contribution in [0.1, 0.15) is 11.1 Å². The minimum absolute atomic E-state index is 0.490. The van der Waals surface area contributed by atoms with Gasteiger partial charge in [0.05, 0.1) is 0 Å². The van der Waals surface area contributed by atoms with Crippen molar-refractivity contribution >= 4 is 21.8 Å². The number of H-pyrrole nitrogens is 2. The molecule has 3 aromatic carbocycles. The molecule has 0 unspecified atom stereocenters. The Morgan fingerprint density at radius 3 is 1.57 bits per heavy atom. The predicted molar refractivity (Wildman–Crippen MR) is 112 cm³/mol. The van der Waals surface area contributed by atoms with Crippen LogP contribution in [0, 0.1) is 0 Å². The molecule has 0 aliphatic carbocycles. The van der Waals surface area contributed by atoms with Gasteiger partial charge < -0.3 is 19.4 Å². The van der Waals surface area contributed by atoms with Crippen molar-refractivity contribution in [2.45, 2.75) is 13.2 Å². The second-order valence-electron chi connectivity index (χ2n) is 6.82. The van der Waals surface area contributed by atoms with Crippen molar-refractivity contribution in [1.29, 1.82) is 0 Å². The van der Waals surface area contributed by atoms with Gasteiger partial charge in [0.2, 0.25) is 0 Å². The van der Waals surface area contributed by atoms with E-state index < -0.39 is 0 Å². The van der Waals surface area contributed by atoms with E-state index in [0.717, 1.165) is 33.7 Å². The van der Waals surface area contributed by atoms with Crippen molar-refractivity contribution in [2.75, 3.05) is 0 Å². The summed E-state index contributed by atoms with van der Waals surface area (Å²) >= 11 is 0. The molecule has 2 aromatic heterocycles. The van der Waals surface area contributed by atoms with Gasteiger partial charge in [-0.1, -0.05) is 36.4 Å². The van der Waals surface area contributed by atoms with Crippen molar-refractivity contribution in [3.8, 4) is 11.5 Å². The zero-order chi connectivity index (χ0) is 18.8. The van der Waals surface area contributed by atoms with Crippen molar-refractivity contribution in [2.24, 2.45) is 0 Å². The second kappa shape index (κ2) is 7.16. The number of rotatable bonds is 6. The first-order valence-electron chi connectivity index (χ1n) is 9.32. The molecule has 0 aliphatic heterocycles. The summed E-state index contributed by atoms with van der Waals surface area (Å²) in [7, 11) is 0. The second-order valence-corrected chi connectivity index (χ2v) is 6.82. The molecule has 5 rings (SSSR count). The Labute approximate surface area is 162 Å². The van der Waals surface area contributed by atoms with E-state index >= 15 is 0 Å². The van der Waals surface area contributed by atoms with Gasteiger partial charge in [-0.25, -0.2) is 0 Å². The Balaban J connectivity index is 1.29. The lowest BCUT2D eigenvalue weighted by Crippen LogP contribution is -2.00. The highest BCUT2D eigenvalue weighted by molar-refractivity contribution is 5.80. The van der Waals surface area contributed by atoms with Crippen LogP contribution in [-0.2, 0) is 13.2 Å². The van der Waals surface area contributed by atoms with Crippen molar-refractivity contribution in [3.63, 3.8) is 0 Å². The maximum atomic E-state index is 6.05. The van der Waals surface area contributed by atoms with Crippen molar-refractivity contribution < 1.29 is 9.47 Å². The van der Waals surface area contributed by atoms with Gasteiger partial charge in [-0.15, -0.1) is 0 Å². The summed E-state index contributed by atoms with van der Waals surface area (Å²) in [6, 6.07) is 24.5. The zero-order valence-electron chi connectivity index (χ0n) is 15.3. The third kappa shape index (κ3) is 3.32. The van der Waals surface area contributed by atoms with Crippen LogP contribution in [0.3, 0.4) is 0 Å². The average molecular weight is 368 g/mol. The molecule has 4 heteroatoms. The van der Waals surface area contributed by atoms with Crippen molar-refractivity contribution in [3.05, 3.63) is 96.3 Å². The van der Waals surface area contributed by atoms with Gasteiger partial charge in [0, 0.05) is 23.4 Å². The number of nitrogens with one attached hydrogen (secondary N) is 2. The molecule has 0 amide bonds. The van der Waals surface area contributed by atoms with Gasteiger partial charge in [0.1, 0.15) is 13.2 Å². The Morgan fingerprint density at radius 2 is 1.07 bits per heavy atom. The van der Waals surface area contributed by atoms with Crippen LogP contribution >= 0.6 is 0 Å². The molecule has 0 spiro atoms. The number of aromatic nitrogens is 2. The van der Waals surface area contributed by atoms with E-state index in [-0.39, 0.29) is 0 Å². The first kappa shape index (κ1) is 16.5. The highest BCUT2D eigenvalue weighted by Crippen LogP contribution is 2.29. The van der Waals surface area contributed by atoms with Gasteiger partial charge >= 0.3 is 0 Å². The summed E-state index contributed by atoms with van der Waals surface area (Å²) in [5.41, 5.74) is 4.46. The molecule has 4 nitrogen and oxygen atoms in total. The lowest BCUT2D eigenvalue weighted by atomic mass is 10.2. The average Bonchev–Trinajstić information content (AvgIpc) is 3.39. The van der Waals surface area contributed by atoms with E-state index in [1.54, 1.807) is 0 Å².